The molecule has 0 aromatic rings. The number of ether oxygens (including phenoxy) is 1. The number of hydrogen-bond acceptors (Lipinski definition) is 2. The molecule has 15 heavy (non-hydrogen) atoms. The van der Waals surface area contributed by atoms with Crippen molar-refractivity contribution in [1.29, 1.82) is 0 Å². The summed E-state index contributed by atoms with van der Waals surface area (Å²) in [5.74, 6) is 1.07. The van der Waals surface area contributed by atoms with E-state index in [-0.39, 0.29) is 11.9 Å². The summed E-state index contributed by atoms with van der Waals surface area (Å²) in [6, 6.07) is 0. The maximum Gasteiger partial charge on any atom is 0.185 e. The third kappa shape index (κ3) is 1.48. The standard InChI is InChI=1S/C13H16O2/c14-11-7-3-1-6-10-9-5-2-4-8-12(9)15-13(10)11/h1,3,6-7,9-10,12-13H,2,4-5,8H2. The molecule has 3 aliphatic rings. The van der Waals surface area contributed by atoms with Crippen LogP contribution in [0.25, 0.3) is 0 Å². The summed E-state index contributed by atoms with van der Waals surface area (Å²) >= 11 is 0. The van der Waals surface area contributed by atoms with E-state index >= 15 is 0 Å². The molecule has 4 atom stereocenters. The highest BCUT2D eigenvalue weighted by molar-refractivity contribution is 5.94. The monoisotopic (exact) mass is 204 g/mol. The van der Waals surface area contributed by atoms with E-state index in [4.69, 9.17) is 4.74 Å². The van der Waals surface area contributed by atoms with Crippen LogP contribution >= 0.6 is 0 Å². The number of hydrogen-bond donors (Lipinski definition) is 0. The summed E-state index contributed by atoms with van der Waals surface area (Å²) in [6.07, 6.45) is 12.7. The Morgan fingerprint density at radius 1 is 1.20 bits per heavy atom. The summed E-state index contributed by atoms with van der Waals surface area (Å²) in [6.45, 7) is 0. The number of ketones is 1. The Labute approximate surface area is 90.0 Å². The van der Waals surface area contributed by atoms with Gasteiger partial charge in [0.05, 0.1) is 6.10 Å². The van der Waals surface area contributed by atoms with Gasteiger partial charge in [-0.25, -0.2) is 0 Å². The van der Waals surface area contributed by atoms with Crippen LogP contribution in [0, 0.1) is 11.8 Å². The molecule has 0 aromatic heterocycles. The fourth-order valence-corrected chi connectivity index (χ4v) is 3.18. The first-order valence-corrected chi connectivity index (χ1v) is 5.90. The van der Waals surface area contributed by atoms with Crippen LogP contribution in [0.2, 0.25) is 0 Å². The molecule has 0 N–H and O–H groups in total. The number of carbonyl (C=O) groups is 1. The van der Waals surface area contributed by atoms with Crippen LogP contribution < -0.4 is 0 Å². The lowest BCUT2D eigenvalue weighted by Crippen LogP contribution is -2.26. The predicted molar refractivity (Wildman–Crippen MR) is 57.4 cm³/mol. The van der Waals surface area contributed by atoms with Gasteiger partial charge in [-0.3, -0.25) is 4.79 Å². The third-order valence-electron chi connectivity index (χ3n) is 3.90. The van der Waals surface area contributed by atoms with Crippen LogP contribution in [0.15, 0.2) is 24.3 Å². The van der Waals surface area contributed by atoms with Gasteiger partial charge in [-0.05, 0) is 24.8 Å². The van der Waals surface area contributed by atoms with E-state index < -0.39 is 0 Å². The van der Waals surface area contributed by atoms with Gasteiger partial charge in [0.25, 0.3) is 0 Å². The van der Waals surface area contributed by atoms with E-state index in [1.807, 2.05) is 12.2 Å². The predicted octanol–water partition coefficient (Wildman–Crippen LogP) is 2.26. The van der Waals surface area contributed by atoms with Crippen molar-refractivity contribution >= 4 is 5.78 Å². The lowest BCUT2D eigenvalue weighted by Gasteiger charge is -2.25. The average Bonchev–Trinajstić information content (AvgIpc) is 2.54. The van der Waals surface area contributed by atoms with E-state index in [9.17, 15) is 4.79 Å². The van der Waals surface area contributed by atoms with Crippen molar-refractivity contribution in [2.24, 2.45) is 11.8 Å². The van der Waals surface area contributed by atoms with Crippen LogP contribution in [0.5, 0.6) is 0 Å². The quantitative estimate of drug-likeness (QED) is 0.605. The number of rotatable bonds is 0. The lowest BCUT2D eigenvalue weighted by atomic mass is 9.78. The molecule has 1 aliphatic heterocycles. The third-order valence-corrected chi connectivity index (χ3v) is 3.90. The van der Waals surface area contributed by atoms with Crippen LogP contribution in [-0.2, 0) is 9.53 Å². The largest absolute Gasteiger partial charge is 0.366 e. The fraction of sp³-hybridized carbons (Fsp3) is 0.615. The van der Waals surface area contributed by atoms with Crippen molar-refractivity contribution in [2.45, 2.75) is 37.9 Å². The number of carbonyl (C=O) groups excluding carboxylic acids is 1. The molecule has 1 saturated carbocycles. The van der Waals surface area contributed by atoms with E-state index in [1.165, 1.54) is 19.3 Å². The summed E-state index contributed by atoms with van der Waals surface area (Å²) in [5, 5.41) is 0. The van der Waals surface area contributed by atoms with Crippen molar-refractivity contribution in [1.82, 2.24) is 0 Å². The van der Waals surface area contributed by atoms with Crippen molar-refractivity contribution in [3.05, 3.63) is 24.3 Å². The normalized spacial score (nSPS) is 43.6. The van der Waals surface area contributed by atoms with E-state index in [1.54, 1.807) is 6.08 Å². The molecule has 0 spiro atoms. The minimum atomic E-state index is -0.187. The molecule has 0 bridgehead atoms. The van der Waals surface area contributed by atoms with Crippen molar-refractivity contribution in [3.63, 3.8) is 0 Å². The second-order valence-electron chi connectivity index (χ2n) is 4.77. The molecule has 0 radical (unpaired) electrons. The van der Waals surface area contributed by atoms with E-state index in [2.05, 4.69) is 6.08 Å². The second-order valence-corrected chi connectivity index (χ2v) is 4.77. The highest BCUT2D eigenvalue weighted by Crippen LogP contribution is 2.43. The first-order valence-electron chi connectivity index (χ1n) is 5.90. The molecule has 2 aliphatic carbocycles. The molecule has 80 valence electrons. The van der Waals surface area contributed by atoms with Crippen LogP contribution in [0.1, 0.15) is 25.7 Å². The van der Waals surface area contributed by atoms with Gasteiger partial charge >= 0.3 is 0 Å². The molecular weight excluding hydrogens is 188 g/mol. The average molecular weight is 204 g/mol. The Bertz CT molecular complexity index is 329. The summed E-state index contributed by atoms with van der Waals surface area (Å²) < 4.78 is 5.91. The lowest BCUT2D eigenvalue weighted by molar-refractivity contribution is -0.126. The summed E-state index contributed by atoms with van der Waals surface area (Å²) in [4.78, 5) is 11.8. The Kier molecular flexibility index (Phi) is 2.24. The summed E-state index contributed by atoms with van der Waals surface area (Å²) in [5.41, 5.74) is 0. The number of fused-ring (bicyclic) bond motifs is 3. The van der Waals surface area contributed by atoms with E-state index in [0.29, 0.717) is 17.9 Å². The maximum absolute atomic E-state index is 11.8. The van der Waals surface area contributed by atoms with Gasteiger partial charge in [0.1, 0.15) is 6.10 Å². The number of allylic oxidation sites excluding steroid dienone is 2. The molecule has 2 fully saturated rings. The van der Waals surface area contributed by atoms with Gasteiger partial charge in [-0.2, -0.15) is 0 Å². The van der Waals surface area contributed by atoms with Gasteiger partial charge < -0.3 is 4.74 Å². The molecule has 1 saturated heterocycles. The molecule has 0 aromatic carbocycles. The minimum absolute atomic E-state index is 0.152. The van der Waals surface area contributed by atoms with E-state index in [0.717, 1.165) is 6.42 Å². The van der Waals surface area contributed by atoms with Gasteiger partial charge in [0, 0.05) is 5.92 Å². The maximum atomic E-state index is 11.8. The highest BCUT2D eigenvalue weighted by Gasteiger charge is 2.46. The van der Waals surface area contributed by atoms with Crippen LogP contribution in [-0.4, -0.2) is 18.0 Å². The van der Waals surface area contributed by atoms with Gasteiger partial charge in [0.15, 0.2) is 5.78 Å². The van der Waals surface area contributed by atoms with Crippen molar-refractivity contribution in [2.75, 3.05) is 0 Å². The van der Waals surface area contributed by atoms with Gasteiger partial charge in [0.2, 0.25) is 0 Å². The van der Waals surface area contributed by atoms with Gasteiger partial charge in [-0.1, -0.05) is 31.1 Å². The second kappa shape index (κ2) is 3.60. The zero-order valence-electron chi connectivity index (χ0n) is 8.76. The molecule has 0 amide bonds. The smallest absolute Gasteiger partial charge is 0.185 e. The van der Waals surface area contributed by atoms with Crippen molar-refractivity contribution in [3.8, 4) is 0 Å². The zero-order valence-corrected chi connectivity index (χ0v) is 8.76. The van der Waals surface area contributed by atoms with Gasteiger partial charge in [-0.15, -0.1) is 0 Å². The molecule has 1 heterocycles. The summed E-state index contributed by atoms with van der Waals surface area (Å²) in [7, 11) is 0. The SMILES string of the molecule is O=C1C=CC=CC2C1OC1CCCCC12. The zero-order chi connectivity index (χ0) is 10.3. The molecule has 4 unspecified atom stereocenters. The molecule has 2 heteroatoms. The topological polar surface area (TPSA) is 26.3 Å². The molecule has 3 rings (SSSR count). The first kappa shape index (κ1) is 9.34. The van der Waals surface area contributed by atoms with Crippen molar-refractivity contribution < 1.29 is 9.53 Å². The molecular formula is C13H16O2. The fourth-order valence-electron chi connectivity index (χ4n) is 3.18. The minimum Gasteiger partial charge on any atom is -0.366 e. The first-order chi connectivity index (χ1) is 7.36. The Balaban J connectivity index is 1.89. The van der Waals surface area contributed by atoms with Crippen LogP contribution in [0.4, 0.5) is 0 Å². The highest BCUT2D eigenvalue weighted by atomic mass is 16.5. The van der Waals surface area contributed by atoms with Crippen LogP contribution in [0.3, 0.4) is 0 Å². The Morgan fingerprint density at radius 3 is 3.00 bits per heavy atom. The molecule has 2 nitrogen and oxygen atoms in total. The Hall–Kier alpha value is -0.890. The Morgan fingerprint density at radius 2 is 2.07 bits per heavy atom.